The molecule has 1 aromatic rings. The molecule has 4 nitrogen and oxygen atoms in total. The standard InChI is InChI=1S/C10H11NO3/c1-11(9-7-13-9)10(12)14-8-5-3-2-4-6-8/h2-6,9H,7H2,1H3. The van der Waals surface area contributed by atoms with Crippen molar-refractivity contribution < 1.29 is 14.3 Å². The third-order valence-corrected chi connectivity index (χ3v) is 1.98. The van der Waals surface area contributed by atoms with Crippen molar-refractivity contribution in [3.8, 4) is 5.75 Å². The first kappa shape index (κ1) is 9.02. The van der Waals surface area contributed by atoms with Crippen molar-refractivity contribution >= 4 is 6.09 Å². The van der Waals surface area contributed by atoms with Crippen molar-refractivity contribution in [2.24, 2.45) is 0 Å². The van der Waals surface area contributed by atoms with E-state index in [0.717, 1.165) is 0 Å². The number of hydrogen-bond donors (Lipinski definition) is 0. The third-order valence-electron chi connectivity index (χ3n) is 1.98. The first-order chi connectivity index (χ1) is 6.77. The van der Waals surface area contributed by atoms with E-state index in [1.807, 2.05) is 18.2 Å². The number of carbonyl (C=O) groups is 1. The number of amides is 1. The summed E-state index contributed by atoms with van der Waals surface area (Å²) in [5.74, 6) is 0.546. The average molecular weight is 193 g/mol. The van der Waals surface area contributed by atoms with Gasteiger partial charge >= 0.3 is 6.09 Å². The van der Waals surface area contributed by atoms with Gasteiger partial charge in [0.1, 0.15) is 5.75 Å². The molecular formula is C10H11NO3. The van der Waals surface area contributed by atoms with E-state index in [4.69, 9.17) is 9.47 Å². The van der Waals surface area contributed by atoms with Crippen LogP contribution in [0.1, 0.15) is 0 Å². The van der Waals surface area contributed by atoms with Gasteiger partial charge in [0.2, 0.25) is 0 Å². The average Bonchev–Trinajstić information content (AvgIpc) is 3.01. The van der Waals surface area contributed by atoms with Gasteiger partial charge in [-0.2, -0.15) is 0 Å². The summed E-state index contributed by atoms with van der Waals surface area (Å²) in [5.41, 5.74) is 0. The predicted octanol–water partition coefficient (Wildman–Crippen LogP) is 1.47. The fourth-order valence-electron chi connectivity index (χ4n) is 1.05. The maximum absolute atomic E-state index is 11.4. The molecule has 14 heavy (non-hydrogen) atoms. The molecule has 4 heteroatoms. The van der Waals surface area contributed by atoms with E-state index in [9.17, 15) is 4.79 Å². The van der Waals surface area contributed by atoms with Gasteiger partial charge in [-0.05, 0) is 12.1 Å². The Kier molecular flexibility index (Phi) is 2.37. The first-order valence-corrected chi connectivity index (χ1v) is 4.38. The van der Waals surface area contributed by atoms with E-state index in [0.29, 0.717) is 12.4 Å². The van der Waals surface area contributed by atoms with Crippen LogP contribution in [0.4, 0.5) is 4.79 Å². The molecule has 1 atom stereocenters. The highest BCUT2D eigenvalue weighted by Gasteiger charge is 2.32. The van der Waals surface area contributed by atoms with Crippen LogP contribution in [0.15, 0.2) is 30.3 Å². The predicted molar refractivity (Wildman–Crippen MR) is 50.0 cm³/mol. The number of nitrogens with zero attached hydrogens (tertiary/aromatic N) is 1. The molecule has 1 aliphatic heterocycles. The van der Waals surface area contributed by atoms with Gasteiger partial charge in [-0.3, -0.25) is 4.90 Å². The molecule has 1 aromatic carbocycles. The van der Waals surface area contributed by atoms with Crippen LogP contribution < -0.4 is 4.74 Å². The van der Waals surface area contributed by atoms with Crippen LogP contribution in [0.5, 0.6) is 5.75 Å². The Morgan fingerprint density at radius 2 is 2.14 bits per heavy atom. The van der Waals surface area contributed by atoms with Crippen molar-refractivity contribution in [2.45, 2.75) is 6.23 Å². The number of ether oxygens (including phenoxy) is 2. The van der Waals surface area contributed by atoms with Gasteiger partial charge in [0.25, 0.3) is 0 Å². The van der Waals surface area contributed by atoms with Gasteiger partial charge in [-0.15, -0.1) is 0 Å². The van der Waals surface area contributed by atoms with Gasteiger partial charge in [0.05, 0.1) is 6.61 Å². The number of hydrogen-bond acceptors (Lipinski definition) is 3. The Hall–Kier alpha value is -1.55. The summed E-state index contributed by atoms with van der Waals surface area (Å²) in [7, 11) is 1.66. The molecule has 1 heterocycles. The van der Waals surface area contributed by atoms with E-state index in [1.54, 1.807) is 19.2 Å². The topological polar surface area (TPSA) is 42.1 Å². The molecule has 2 rings (SSSR count). The summed E-state index contributed by atoms with van der Waals surface area (Å²) < 4.78 is 10.0. The maximum atomic E-state index is 11.4. The van der Waals surface area contributed by atoms with Crippen LogP contribution in [0, 0.1) is 0 Å². The van der Waals surface area contributed by atoms with Crippen LogP contribution in [-0.2, 0) is 4.74 Å². The lowest BCUT2D eigenvalue weighted by Gasteiger charge is -2.13. The number of para-hydroxylation sites is 1. The molecule has 0 N–H and O–H groups in total. The summed E-state index contributed by atoms with van der Waals surface area (Å²) in [6.45, 7) is 0.598. The second-order valence-electron chi connectivity index (χ2n) is 3.08. The highest BCUT2D eigenvalue weighted by molar-refractivity contribution is 5.70. The van der Waals surface area contributed by atoms with E-state index < -0.39 is 6.09 Å². The molecule has 1 unspecified atom stereocenters. The minimum Gasteiger partial charge on any atom is -0.410 e. The summed E-state index contributed by atoms with van der Waals surface area (Å²) in [6.07, 6.45) is -0.495. The zero-order valence-corrected chi connectivity index (χ0v) is 7.84. The fourth-order valence-corrected chi connectivity index (χ4v) is 1.05. The van der Waals surface area contributed by atoms with E-state index >= 15 is 0 Å². The lowest BCUT2D eigenvalue weighted by molar-refractivity contribution is 0.141. The van der Waals surface area contributed by atoms with Crippen LogP contribution in [0.25, 0.3) is 0 Å². The lowest BCUT2D eigenvalue weighted by Crippen LogP contribution is -2.32. The molecule has 0 aromatic heterocycles. The monoisotopic (exact) mass is 193 g/mol. The van der Waals surface area contributed by atoms with Crippen molar-refractivity contribution in [3.63, 3.8) is 0 Å². The number of carbonyl (C=O) groups excluding carboxylic acids is 1. The Labute approximate surface area is 82.0 Å². The SMILES string of the molecule is CN(C(=O)Oc1ccccc1)C1CO1. The molecule has 1 amide bonds. The van der Waals surface area contributed by atoms with Gasteiger partial charge in [-0.25, -0.2) is 4.79 Å². The second-order valence-corrected chi connectivity index (χ2v) is 3.08. The quantitative estimate of drug-likeness (QED) is 0.668. The highest BCUT2D eigenvalue weighted by Crippen LogP contribution is 2.16. The molecule has 1 saturated heterocycles. The van der Waals surface area contributed by atoms with Crippen LogP contribution >= 0.6 is 0 Å². The van der Waals surface area contributed by atoms with Crippen molar-refractivity contribution in [2.75, 3.05) is 13.7 Å². The highest BCUT2D eigenvalue weighted by atomic mass is 16.6. The van der Waals surface area contributed by atoms with Crippen molar-refractivity contribution in [1.82, 2.24) is 4.90 Å². The molecule has 0 radical (unpaired) electrons. The first-order valence-electron chi connectivity index (χ1n) is 4.38. The van der Waals surface area contributed by atoms with Gasteiger partial charge in [-0.1, -0.05) is 18.2 Å². The van der Waals surface area contributed by atoms with Crippen LogP contribution in [0.3, 0.4) is 0 Å². The number of epoxide rings is 1. The molecule has 1 aliphatic rings. The largest absolute Gasteiger partial charge is 0.417 e. The van der Waals surface area contributed by atoms with Crippen molar-refractivity contribution in [1.29, 1.82) is 0 Å². The lowest BCUT2D eigenvalue weighted by atomic mass is 10.3. The summed E-state index contributed by atoms with van der Waals surface area (Å²) >= 11 is 0. The Balaban J connectivity index is 1.94. The van der Waals surface area contributed by atoms with Gasteiger partial charge in [0, 0.05) is 7.05 Å². The Morgan fingerprint density at radius 1 is 1.50 bits per heavy atom. The van der Waals surface area contributed by atoms with Gasteiger partial charge in [0.15, 0.2) is 6.23 Å². The molecular weight excluding hydrogens is 182 g/mol. The summed E-state index contributed by atoms with van der Waals surface area (Å²) in [4.78, 5) is 12.9. The number of rotatable bonds is 2. The zero-order valence-electron chi connectivity index (χ0n) is 7.84. The minimum absolute atomic E-state index is 0.105. The molecule has 0 spiro atoms. The van der Waals surface area contributed by atoms with E-state index in [2.05, 4.69) is 0 Å². The molecule has 74 valence electrons. The summed E-state index contributed by atoms with van der Waals surface area (Å²) in [6, 6.07) is 8.97. The smallest absolute Gasteiger partial charge is 0.410 e. The minimum atomic E-state index is -0.390. The number of benzene rings is 1. The van der Waals surface area contributed by atoms with E-state index in [-0.39, 0.29) is 6.23 Å². The normalized spacial score (nSPS) is 18.8. The molecule has 0 saturated carbocycles. The molecule has 1 fully saturated rings. The third kappa shape index (κ3) is 2.03. The Morgan fingerprint density at radius 3 is 2.71 bits per heavy atom. The van der Waals surface area contributed by atoms with Gasteiger partial charge < -0.3 is 9.47 Å². The van der Waals surface area contributed by atoms with E-state index in [1.165, 1.54) is 4.90 Å². The van der Waals surface area contributed by atoms with Crippen LogP contribution in [0.2, 0.25) is 0 Å². The van der Waals surface area contributed by atoms with Crippen molar-refractivity contribution in [3.05, 3.63) is 30.3 Å². The molecule has 0 aliphatic carbocycles. The fraction of sp³-hybridized carbons (Fsp3) is 0.300. The summed E-state index contributed by atoms with van der Waals surface area (Å²) in [5, 5.41) is 0. The number of likely N-dealkylation sites (N-methyl/N-ethyl adjacent to an activating group) is 1. The zero-order chi connectivity index (χ0) is 9.97. The molecule has 0 bridgehead atoms. The Bertz CT molecular complexity index is 321. The van der Waals surface area contributed by atoms with Crippen LogP contribution in [-0.4, -0.2) is 30.9 Å². The maximum Gasteiger partial charge on any atom is 0.417 e. The second kappa shape index (κ2) is 3.67.